The standard InChI is InChI=1S/C15H18ClNO/c1-4-9-17-14-11(5-2)7-6-8-12(14)13(10(3)18)15(17)16/h6-8H,4-5,9H2,1-3H3. The first-order chi connectivity index (χ1) is 8.61. The zero-order chi connectivity index (χ0) is 13.3. The van der Waals surface area contributed by atoms with Crippen molar-refractivity contribution in [2.45, 2.75) is 40.2 Å². The zero-order valence-corrected chi connectivity index (χ0v) is 11.8. The van der Waals surface area contributed by atoms with Gasteiger partial charge in [0.1, 0.15) is 5.15 Å². The monoisotopic (exact) mass is 263 g/mol. The fraction of sp³-hybridized carbons (Fsp3) is 0.400. The molecular weight excluding hydrogens is 246 g/mol. The highest BCUT2D eigenvalue weighted by molar-refractivity contribution is 6.35. The smallest absolute Gasteiger partial charge is 0.163 e. The van der Waals surface area contributed by atoms with Gasteiger partial charge in [-0.2, -0.15) is 0 Å². The molecule has 18 heavy (non-hydrogen) atoms. The van der Waals surface area contributed by atoms with E-state index in [1.165, 1.54) is 5.56 Å². The molecule has 1 aromatic heterocycles. The van der Waals surface area contributed by atoms with Crippen molar-refractivity contribution in [3.63, 3.8) is 0 Å². The molecule has 0 atom stereocenters. The molecule has 2 rings (SSSR count). The maximum Gasteiger partial charge on any atom is 0.163 e. The second kappa shape index (κ2) is 5.15. The number of fused-ring (bicyclic) bond motifs is 1. The minimum atomic E-state index is 0.0353. The van der Waals surface area contributed by atoms with E-state index < -0.39 is 0 Å². The topological polar surface area (TPSA) is 22.0 Å². The number of para-hydroxylation sites is 1. The molecular formula is C15H18ClNO. The highest BCUT2D eigenvalue weighted by atomic mass is 35.5. The van der Waals surface area contributed by atoms with E-state index in [1.807, 2.05) is 12.1 Å². The van der Waals surface area contributed by atoms with Gasteiger partial charge in [0.05, 0.1) is 11.1 Å². The Morgan fingerprint density at radius 1 is 1.33 bits per heavy atom. The first-order valence-electron chi connectivity index (χ1n) is 6.42. The summed E-state index contributed by atoms with van der Waals surface area (Å²) < 4.78 is 2.08. The lowest BCUT2D eigenvalue weighted by Gasteiger charge is -2.08. The number of hydrogen-bond donors (Lipinski definition) is 0. The molecule has 0 spiro atoms. The van der Waals surface area contributed by atoms with Crippen LogP contribution in [0.1, 0.15) is 43.1 Å². The molecule has 0 amide bonds. The molecule has 0 unspecified atom stereocenters. The molecule has 0 aliphatic carbocycles. The fourth-order valence-electron chi connectivity index (χ4n) is 2.51. The highest BCUT2D eigenvalue weighted by Gasteiger charge is 2.19. The summed E-state index contributed by atoms with van der Waals surface area (Å²) in [5.41, 5.74) is 3.03. The summed E-state index contributed by atoms with van der Waals surface area (Å²) in [6.45, 7) is 6.67. The summed E-state index contributed by atoms with van der Waals surface area (Å²) in [4.78, 5) is 11.8. The molecule has 0 N–H and O–H groups in total. The van der Waals surface area contributed by atoms with E-state index in [1.54, 1.807) is 6.92 Å². The lowest BCUT2D eigenvalue weighted by molar-refractivity contribution is 0.101. The molecule has 2 aromatic rings. The van der Waals surface area contributed by atoms with Gasteiger partial charge in [0.2, 0.25) is 0 Å². The van der Waals surface area contributed by atoms with E-state index >= 15 is 0 Å². The number of rotatable bonds is 4. The average Bonchev–Trinajstić information content (AvgIpc) is 2.63. The van der Waals surface area contributed by atoms with Crippen LogP contribution in [0, 0.1) is 0 Å². The lowest BCUT2D eigenvalue weighted by Crippen LogP contribution is -1.99. The minimum absolute atomic E-state index is 0.0353. The van der Waals surface area contributed by atoms with Crippen molar-refractivity contribution in [1.29, 1.82) is 0 Å². The van der Waals surface area contributed by atoms with Gasteiger partial charge in [0.15, 0.2) is 5.78 Å². The van der Waals surface area contributed by atoms with Gasteiger partial charge in [-0.15, -0.1) is 0 Å². The van der Waals surface area contributed by atoms with Crippen molar-refractivity contribution in [3.8, 4) is 0 Å². The summed E-state index contributed by atoms with van der Waals surface area (Å²) in [5, 5.41) is 1.57. The number of aryl methyl sites for hydroxylation is 2. The first-order valence-corrected chi connectivity index (χ1v) is 6.80. The Kier molecular flexibility index (Phi) is 3.76. The molecule has 0 saturated carbocycles. The third kappa shape index (κ3) is 1.95. The van der Waals surface area contributed by atoms with Crippen molar-refractivity contribution in [1.82, 2.24) is 4.57 Å². The van der Waals surface area contributed by atoms with Crippen molar-refractivity contribution in [2.75, 3.05) is 0 Å². The Labute approximate surface area is 113 Å². The normalized spacial score (nSPS) is 11.1. The zero-order valence-electron chi connectivity index (χ0n) is 11.1. The first kappa shape index (κ1) is 13.2. The average molecular weight is 264 g/mol. The maximum absolute atomic E-state index is 11.8. The van der Waals surface area contributed by atoms with Crippen LogP contribution in [0.15, 0.2) is 18.2 Å². The SMILES string of the molecule is CCCn1c(Cl)c(C(C)=O)c2cccc(CC)c21. The predicted octanol–water partition coefficient (Wildman–Crippen LogP) is 4.47. The van der Waals surface area contributed by atoms with Gasteiger partial charge in [-0.25, -0.2) is 0 Å². The largest absolute Gasteiger partial charge is 0.331 e. The number of ketones is 1. The van der Waals surface area contributed by atoms with Crippen LogP contribution in [0.3, 0.4) is 0 Å². The number of nitrogens with zero attached hydrogens (tertiary/aromatic N) is 1. The molecule has 0 aliphatic rings. The van der Waals surface area contributed by atoms with Crippen molar-refractivity contribution < 1.29 is 4.79 Å². The number of carbonyl (C=O) groups is 1. The van der Waals surface area contributed by atoms with Gasteiger partial charge in [0.25, 0.3) is 0 Å². The number of halogens is 1. The van der Waals surface area contributed by atoms with Crippen LogP contribution in [0.5, 0.6) is 0 Å². The third-order valence-electron chi connectivity index (χ3n) is 3.28. The number of Topliss-reactive ketones (excluding diaryl/α,β-unsaturated/α-hetero) is 1. The molecule has 0 aliphatic heterocycles. The van der Waals surface area contributed by atoms with Crippen molar-refractivity contribution in [3.05, 3.63) is 34.5 Å². The third-order valence-corrected chi connectivity index (χ3v) is 3.68. The van der Waals surface area contributed by atoms with Crippen molar-refractivity contribution in [2.24, 2.45) is 0 Å². The van der Waals surface area contributed by atoms with Gasteiger partial charge in [0, 0.05) is 11.9 Å². The number of benzene rings is 1. The second-order valence-electron chi connectivity index (χ2n) is 4.54. The number of carbonyl (C=O) groups excluding carboxylic acids is 1. The molecule has 1 heterocycles. The lowest BCUT2D eigenvalue weighted by atomic mass is 10.1. The van der Waals surface area contributed by atoms with Crippen LogP contribution in [0.25, 0.3) is 10.9 Å². The van der Waals surface area contributed by atoms with Crippen LogP contribution in [-0.4, -0.2) is 10.4 Å². The summed E-state index contributed by atoms with van der Waals surface area (Å²) >= 11 is 6.40. The quantitative estimate of drug-likeness (QED) is 0.746. The number of hydrogen-bond acceptors (Lipinski definition) is 1. The predicted molar refractivity (Wildman–Crippen MR) is 76.6 cm³/mol. The molecule has 3 heteroatoms. The molecule has 0 radical (unpaired) electrons. The van der Waals surface area contributed by atoms with Crippen LogP contribution in [-0.2, 0) is 13.0 Å². The van der Waals surface area contributed by atoms with E-state index in [0.717, 1.165) is 30.3 Å². The van der Waals surface area contributed by atoms with Gasteiger partial charge < -0.3 is 4.57 Å². The van der Waals surface area contributed by atoms with Crippen LogP contribution < -0.4 is 0 Å². The minimum Gasteiger partial charge on any atom is -0.331 e. The Bertz CT molecular complexity index is 598. The molecule has 0 saturated heterocycles. The summed E-state index contributed by atoms with van der Waals surface area (Å²) in [7, 11) is 0. The Hall–Kier alpha value is -1.28. The molecule has 96 valence electrons. The van der Waals surface area contributed by atoms with Gasteiger partial charge in [-0.05, 0) is 25.3 Å². The molecule has 0 bridgehead atoms. The Balaban J connectivity index is 2.87. The van der Waals surface area contributed by atoms with E-state index in [2.05, 4.69) is 24.5 Å². The van der Waals surface area contributed by atoms with Crippen LogP contribution >= 0.6 is 11.6 Å². The molecule has 1 aromatic carbocycles. The summed E-state index contributed by atoms with van der Waals surface area (Å²) in [6.07, 6.45) is 1.94. The Morgan fingerprint density at radius 3 is 2.61 bits per heavy atom. The second-order valence-corrected chi connectivity index (χ2v) is 4.90. The van der Waals surface area contributed by atoms with Crippen LogP contribution in [0.2, 0.25) is 5.15 Å². The maximum atomic E-state index is 11.8. The van der Waals surface area contributed by atoms with Crippen LogP contribution in [0.4, 0.5) is 0 Å². The van der Waals surface area contributed by atoms with E-state index in [-0.39, 0.29) is 5.78 Å². The Morgan fingerprint density at radius 2 is 2.06 bits per heavy atom. The fourth-order valence-corrected chi connectivity index (χ4v) is 2.91. The highest BCUT2D eigenvalue weighted by Crippen LogP contribution is 2.33. The van der Waals surface area contributed by atoms with E-state index in [4.69, 9.17) is 11.6 Å². The van der Waals surface area contributed by atoms with E-state index in [0.29, 0.717) is 10.7 Å². The van der Waals surface area contributed by atoms with Gasteiger partial charge in [-0.3, -0.25) is 4.79 Å². The van der Waals surface area contributed by atoms with Gasteiger partial charge in [-0.1, -0.05) is 43.6 Å². The molecule has 0 fully saturated rings. The van der Waals surface area contributed by atoms with Gasteiger partial charge >= 0.3 is 0 Å². The summed E-state index contributed by atoms with van der Waals surface area (Å²) in [5.74, 6) is 0.0353. The van der Waals surface area contributed by atoms with Crippen molar-refractivity contribution >= 4 is 28.3 Å². The number of aromatic nitrogens is 1. The molecule has 2 nitrogen and oxygen atoms in total. The summed E-state index contributed by atoms with van der Waals surface area (Å²) in [6, 6.07) is 6.10. The van der Waals surface area contributed by atoms with E-state index in [9.17, 15) is 4.79 Å².